The second-order valence-electron chi connectivity index (χ2n) is 4.16. The Kier molecular flexibility index (Phi) is 2.87. The van der Waals surface area contributed by atoms with Gasteiger partial charge in [0.05, 0.1) is 5.39 Å². The van der Waals surface area contributed by atoms with E-state index in [4.69, 9.17) is 4.42 Å². The summed E-state index contributed by atoms with van der Waals surface area (Å²) in [6, 6.07) is 13.3. The van der Waals surface area contributed by atoms with Crippen molar-refractivity contribution in [1.29, 1.82) is 0 Å². The zero-order chi connectivity index (χ0) is 13.4. The predicted molar refractivity (Wildman–Crippen MR) is 77.3 cm³/mol. The molecule has 0 amide bonds. The van der Waals surface area contributed by atoms with Gasteiger partial charge in [-0.2, -0.15) is 0 Å². The Morgan fingerprint density at radius 1 is 1.00 bits per heavy atom. The summed E-state index contributed by atoms with van der Waals surface area (Å²) in [5.74, 6) is 0.658. The molecule has 1 aromatic heterocycles. The number of phenols is 1. The van der Waals surface area contributed by atoms with Crippen molar-refractivity contribution in [3.8, 4) is 17.1 Å². The van der Waals surface area contributed by atoms with Gasteiger partial charge in [0.25, 0.3) is 0 Å². The summed E-state index contributed by atoms with van der Waals surface area (Å²) < 4.78 is 6.59. The van der Waals surface area contributed by atoms with E-state index in [0.29, 0.717) is 16.7 Å². The average Bonchev–Trinajstić information content (AvgIpc) is 2.38. The Balaban J connectivity index is 2.25. The molecule has 3 rings (SSSR count). The van der Waals surface area contributed by atoms with Crippen molar-refractivity contribution in [2.75, 3.05) is 0 Å². The van der Waals surface area contributed by atoms with Gasteiger partial charge in [-0.3, -0.25) is 4.79 Å². The summed E-state index contributed by atoms with van der Waals surface area (Å²) in [5, 5.41) is 9.81. The van der Waals surface area contributed by atoms with E-state index in [-0.39, 0.29) is 11.2 Å². The van der Waals surface area contributed by atoms with Gasteiger partial charge in [-0.05, 0) is 42.5 Å². The molecule has 0 saturated carbocycles. The van der Waals surface area contributed by atoms with Gasteiger partial charge in [-0.1, -0.05) is 15.9 Å². The molecule has 0 bridgehead atoms. The Morgan fingerprint density at radius 3 is 2.47 bits per heavy atom. The van der Waals surface area contributed by atoms with Crippen molar-refractivity contribution < 1.29 is 9.52 Å². The lowest BCUT2D eigenvalue weighted by molar-refractivity contribution is 0.475. The quantitative estimate of drug-likeness (QED) is 0.740. The molecule has 0 aliphatic rings. The van der Waals surface area contributed by atoms with Gasteiger partial charge in [0.1, 0.15) is 17.1 Å². The van der Waals surface area contributed by atoms with E-state index in [0.717, 1.165) is 10.0 Å². The first-order chi connectivity index (χ1) is 9.13. The van der Waals surface area contributed by atoms with E-state index >= 15 is 0 Å². The number of hydrogen-bond donors (Lipinski definition) is 1. The lowest BCUT2D eigenvalue weighted by Crippen LogP contribution is -2.00. The molecule has 0 fully saturated rings. The number of benzene rings is 2. The van der Waals surface area contributed by atoms with Crippen LogP contribution in [0.1, 0.15) is 0 Å². The summed E-state index contributed by atoms with van der Waals surface area (Å²) in [7, 11) is 0. The number of rotatable bonds is 1. The van der Waals surface area contributed by atoms with Crippen LogP contribution in [0.15, 0.2) is 62.2 Å². The van der Waals surface area contributed by atoms with Gasteiger partial charge in [-0.25, -0.2) is 0 Å². The van der Waals surface area contributed by atoms with E-state index in [1.54, 1.807) is 42.5 Å². The van der Waals surface area contributed by atoms with Gasteiger partial charge in [-0.15, -0.1) is 0 Å². The summed E-state index contributed by atoms with van der Waals surface area (Å²) >= 11 is 3.35. The van der Waals surface area contributed by atoms with Crippen LogP contribution in [0.4, 0.5) is 0 Å². The third-order valence-corrected chi connectivity index (χ3v) is 3.34. The van der Waals surface area contributed by atoms with E-state index in [9.17, 15) is 9.90 Å². The predicted octanol–water partition coefficient (Wildman–Crippen LogP) is 3.93. The van der Waals surface area contributed by atoms with Crippen LogP contribution in [0.5, 0.6) is 5.75 Å². The van der Waals surface area contributed by atoms with Gasteiger partial charge < -0.3 is 9.52 Å². The lowest BCUT2D eigenvalue weighted by Gasteiger charge is -2.03. The molecular formula is C15H9BrO3. The maximum Gasteiger partial charge on any atom is 0.193 e. The number of halogens is 1. The Morgan fingerprint density at radius 2 is 1.74 bits per heavy atom. The minimum Gasteiger partial charge on any atom is -0.508 e. The summed E-state index contributed by atoms with van der Waals surface area (Å²) in [6.07, 6.45) is 0. The third-order valence-electron chi connectivity index (χ3n) is 2.84. The Bertz CT molecular complexity index is 804. The van der Waals surface area contributed by atoms with Crippen LogP contribution < -0.4 is 5.43 Å². The van der Waals surface area contributed by atoms with Gasteiger partial charge >= 0.3 is 0 Å². The first kappa shape index (κ1) is 12.0. The summed E-state index contributed by atoms with van der Waals surface area (Å²) in [6.45, 7) is 0. The zero-order valence-electron chi connectivity index (χ0n) is 9.76. The monoisotopic (exact) mass is 316 g/mol. The minimum atomic E-state index is -0.0863. The minimum absolute atomic E-state index is 0.0863. The number of fused-ring (bicyclic) bond motifs is 1. The van der Waals surface area contributed by atoms with Crippen LogP contribution in [0.3, 0.4) is 0 Å². The van der Waals surface area contributed by atoms with Gasteiger partial charge in [0.2, 0.25) is 0 Å². The van der Waals surface area contributed by atoms with Gasteiger partial charge in [0, 0.05) is 16.1 Å². The molecule has 1 N–H and O–H groups in total. The number of phenolic OH excluding ortho intramolecular Hbond substituents is 1. The summed E-state index contributed by atoms with van der Waals surface area (Å²) in [5.41, 5.74) is 1.19. The third kappa shape index (κ3) is 2.27. The highest BCUT2D eigenvalue weighted by Crippen LogP contribution is 2.25. The fourth-order valence-electron chi connectivity index (χ4n) is 1.90. The molecule has 3 aromatic rings. The molecule has 94 valence electrons. The molecule has 1 heterocycles. The van der Waals surface area contributed by atoms with Crippen molar-refractivity contribution in [2.24, 2.45) is 0 Å². The zero-order valence-corrected chi connectivity index (χ0v) is 11.3. The SMILES string of the molecule is O=c1cc(-c2ccc(O)cc2)oc2cc(Br)ccc12. The van der Waals surface area contributed by atoms with Crippen molar-refractivity contribution in [3.05, 3.63) is 63.2 Å². The molecule has 0 aliphatic carbocycles. The van der Waals surface area contributed by atoms with Crippen molar-refractivity contribution in [1.82, 2.24) is 0 Å². The highest BCUT2D eigenvalue weighted by molar-refractivity contribution is 9.10. The highest BCUT2D eigenvalue weighted by atomic mass is 79.9. The molecule has 0 spiro atoms. The molecule has 19 heavy (non-hydrogen) atoms. The maximum atomic E-state index is 12.0. The Labute approximate surface area is 117 Å². The molecule has 0 saturated heterocycles. The lowest BCUT2D eigenvalue weighted by atomic mass is 10.1. The second kappa shape index (κ2) is 4.55. The van der Waals surface area contributed by atoms with Crippen LogP contribution in [0, 0.1) is 0 Å². The van der Waals surface area contributed by atoms with Crippen molar-refractivity contribution >= 4 is 26.9 Å². The van der Waals surface area contributed by atoms with Crippen LogP contribution >= 0.6 is 15.9 Å². The fourth-order valence-corrected chi connectivity index (χ4v) is 2.24. The number of aromatic hydroxyl groups is 1. The van der Waals surface area contributed by atoms with Crippen molar-refractivity contribution in [3.63, 3.8) is 0 Å². The van der Waals surface area contributed by atoms with Gasteiger partial charge in [0.15, 0.2) is 5.43 Å². The van der Waals surface area contributed by atoms with Crippen LogP contribution in [-0.2, 0) is 0 Å². The number of hydrogen-bond acceptors (Lipinski definition) is 3. The van der Waals surface area contributed by atoms with E-state index in [1.165, 1.54) is 6.07 Å². The molecule has 0 atom stereocenters. The van der Waals surface area contributed by atoms with Crippen LogP contribution in [0.25, 0.3) is 22.3 Å². The first-order valence-corrected chi connectivity index (χ1v) is 6.45. The molecular weight excluding hydrogens is 308 g/mol. The fraction of sp³-hybridized carbons (Fsp3) is 0. The maximum absolute atomic E-state index is 12.0. The van der Waals surface area contributed by atoms with E-state index in [1.807, 2.05) is 0 Å². The van der Waals surface area contributed by atoms with E-state index < -0.39 is 0 Å². The highest BCUT2D eigenvalue weighted by Gasteiger charge is 2.07. The smallest absolute Gasteiger partial charge is 0.193 e. The standard InChI is InChI=1S/C15H9BrO3/c16-10-3-6-12-13(18)8-14(19-15(12)7-10)9-1-4-11(17)5-2-9/h1-8,17H. The normalized spacial score (nSPS) is 10.8. The van der Waals surface area contributed by atoms with Crippen LogP contribution in [0.2, 0.25) is 0 Å². The Hall–Kier alpha value is -2.07. The largest absolute Gasteiger partial charge is 0.508 e. The molecule has 3 nitrogen and oxygen atoms in total. The average molecular weight is 317 g/mol. The van der Waals surface area contributed by atoms with E-state index in [2.05, 4.69) is 15.9 Å². The van der Waals surface area contributed by atoms with Crippen LogP contribution in [-0.4, -0.2) is 5.11 Å². The molecule has 4 heteroatoms. The summed E-state index contributed by atoms with van der Waals surface area (Å²) in [4.78, 5) is 12.0. The second-order valence-corrected chi connectivity index (χ2v) is 5.08. The molecule has 0 radical (unpaired) electrons. The first-order valence-electron chi connectivity index (χ1n) is 5.66. The van der Waals surface area contributed by atoms with Crippen molar-refractivity contribution in [2.45, 2.75) is 0 Å². The topological polar surface area (TPSA) is 50.4 Å². The molecule has 0 unspecified atom stereocenters. The molecule has 0 aliphatic heterocycles. The molecule has 2 aromatic carbocycles.